The summed E-state index contributed by atoms with van der Waals surface area (Å²) >= 11 is 6.45. The maximum Gasteiger partial charge on any atom is 0.416 e. The first-order valence-electron chi connectivity index (χ1n) is 5.89. The summed E-state index contributed by atoms with van der Waals surface area (Å²) in [5.74, 6) is 0. The Morgan fingerprint density at radius 3 is 2.76 bits per heavy atom. The van der Waals surface area contributed by atoms with Crippen molar-refractivity contribution < 1.29 is 13.2 Å². The van der Waals surface area contributed by atoms with Crippen LogP contribution in [0, 0.1) is 0 Å². The van der Waals surface area contributed by atoms with Gasteiger partial charge in [0.2, 0.25) is 0 Å². The SMILES string of the molecule is CCCn1c(Sc2cc(C(F)(F)F)cc(Cl)n2)n[nH]c1=O. The van der Waals surface area contributed by atoms with Crippen LogP contribution in [0.2, 0.25) is 5.15 Å². The zero-order chi connectivity index (χ0) is 15.6. The molecule has 5 nitrogen and oxygen atoms in total. The molecule has 2 heterocycles. The number of halogens is 4. The van der Waals surface area contributed by atoms with Gasteiger partial charge in [-0.15, -0.1) is 5.10 Å². The lowest BCUT2D eigenvalue weighted by Gasteiger charge is -2.09. The van der Waals surface area contributed by atoms with Gasteiger partial charge in [0.1, 0.15) is 10.2 Å². The molecule has 0 amide bonds. The normalized spacial score (nSPS) is 11.9. The highest BCUT2D eigenvalue weighted by molar-refractivity contribution is 7.99. The van der Waals surface area contributed by atoms with E-state index in [1.54, 1.807) is 0 Å². The maximum absolute atomic E-state index is 12.7. The summed E-state index contributed by atoms with van der Waals surface area (Å²) in [6, 6.07) is 1.61. The standard InChI is InChI=1S/C11H10ClF3N4OS/c1-2-3-19-9(20)17-18-10(19)21-8-5-6(11(13,14)15)4-7(12)16-8/h4-5H,2-3H2,1H3,(H,17,20). The molecule has 0 saturated carbocycles. The van der Waals surface area contributed by atoms with Gasteiger partial charge in [-0.3, -0.25) is 4.57 Å². The maximum atomic E-state index is 12.7. The van der Waals surface area contributed by atoms with Gasteiger partial charge >= 0.3 is 11.9 Å². The minimum atomic E-state index is -4.52. The van der Waals surface area contributed by atoms with Crippen molar-refractivity contribution in [1.82, 2.24) is 19.7 Å². The number of aromatic nitrogens is 4. The molecule has 10 heteroatoms. The molecule has 2 rings (SSSR count). The lowest BCUT2D eigenvalue weighted by molar-refractivity contribution is -0.137. The van der Waals surface area contributed by atoms with Crippen molar-refractivity contribution in [2.75, 3.05) is 0 Å². The number of pyridine rings is 1. The first kappa shape index (κ1) is 15.9. The molecule has 0 radical (unpaired) electrons. The van der Waals surface area contributed by atoms with Crippen molar-refractivity contribution in [3.05, 3.63) is 33.3 Å². The van der Waals surface area contributed by atoms with Gasteiger partial charge in [-0.2, -0.15) is 13.2 Å². The van der Waals surface area contributed by atoms with Crippen LogP contribution in [0.5, 0.6) is 0 Å². The lowest BCUT2D eigenvalue weighted by atomic mass is 10.3. The number of hydrogen-bond acceptors (Lipinski definition) is 4. The molecular weight excluding hydrogens is 329 g/mol. The van der Waals surface area contributed by atoms with Crippen molar-refractivity contribution in [3.8, 4) is 0 Å². The Labute approximate surface area is 126 Å². The number of nitrogens with zero attached hydrogens (tertiary/aromatic N) is 3. The van der Waals surface area contributed by atoms with Crippen molar-refractivity contribution in [2.24, 2.45) is 0 Å². The smallest absolute Gasteiger partial charge is 0.270 e. The van der Waals surface area contributed by atoms with Gasteiger partial charge in [-0.1, -0.05) is 18.5 Å². The summed E-state index contributed by atoms with van der Waals surface area (Å²) in [7, 11) is 0. The quantitative estimate of drug-likeness (QED) is 0.870. The molecule has 0 saturated heterocycles. The highest BCUT2D eigenvalue weighted by Crippen LogP contribution is 2.34. The second-order valence-corrected chi connectivity index (χ2v) is 5.45. The molecule has 21 heavy (non-hydrogen) atoms. The molecule has 0 fully saturated rings. The Morgan fingerprint density at radius 2 is 2.14 bits per heavy atom. The summed E-state index contributed by atoms with van der Waals surface area (Å²) in [4.78, 5) is 15.3. The van der Waals surface area contributed by atoms with Gasteiger partial charge in [-0.25, -0.2) is 14.9 Å². The van der Waals surface area contributed by atoms with E-state index in [2.05, 4.69) is 15.2 Å². The molecule has 1 N–H and O–H groups in total. The predicted octanol–water partition coefficient (Wildman–Crippen LogP) is 3.20. The van der Waals surface area contributed by atoms with Crippen molar-refractivity contribution in [2.45, 2.75) is 36.2 Å². The summed E-state index contributed by atoms with van der Waals surface area (Å²) in [6.07, 6.45) is -3.83. The minimum absolute atomic E-state index is 0.0196. The average Bonchev–Trinajstić information content (AvgIpc) is 2.70. The first-order chi connectivity index (χ1) is 9.81. The van der Waals surface area contributed by atoms with Gasteiger partial charge in [-0.05, 0) is 30.3 Å². The van der Waals surface area contributed by atoms with Crippen LogP contribution in [-0.2, 0) is 12.7 Å². The second kappa shape index (κ2) is 6.10. The van der Waals surface area contributed by atoms with E-state index in [-0.39, 0.29) is 15.3 Å². The van der Waals surface area contributed by atoms with E-state index in [0.717, 1.165) is 23.9 Å². The van der Waals surface area contributed by atoms with E-state index in [4.69, 9.17) is 11.6 Å². The number of aromatic amines is 1. The van der Waals surface area contributed by atoms with Gasteiger partial charge in [0, 0.05) is 6.54 Å². The summed E-state index contributed by atoms with van der Waals surface area (Å²) in [5.41, 5.74) is -1.32. The molecule has 0 spiro atoms. The van der Waals surface area contributed by atoms with Crippen LogP contribution in [0.3, 0.4) is 0 Å². The molecule has 0 aromatic carbocycles. The highest BCUT2D eigenvalue weighted by atomic mass is 35.5. The van der Waals surface area contributed by atoms with Crippen LogP contribution in [0.4, 0.5) is 13.2 Å². The first-order valence-corrected chi connectivity index (χ1v) is 7.08. The largest absolute Gasteiger partial charge is 0.416 e. The fourth-order valence-corrected chi connectivity index (χ4v) is 2.74. The predicted molar refractivity (Wildman–Crippen MR) is 71.5 cm³/mol. The van der Waals surface area contributed by atoms with E-state index in [9.17, 15) is 18.0 Å². The third-order valence-corrected chi connectivity index (χ3v) is 3.57. The fourth-order valence-electron chi connectivity index (χ4n) is 1.58. The number of H-pyrrole nitrogens is 1. The third-order valence-electron chi connectivity index (χ3n) is 2.46. The van der Waals surface area contributed by atoms with E-state index >= 15 is 0 Å². The molecule has 2 aromatic rings. The van der Waals surface area contributed by atoms with Gasteiger partial charge < -0.3 is 0 Å². The van der Waals surface area contributed by atoms with Crippen LogP contribution in [-0.4, -0.2) is 19.7 Å². The van der Waals surface area contributed by atoms with Gasteiger partial charge in [0.05, 0.1) is 5.56 Å². The Hall–Kier alpha value is -1.48. The van der Waals surface area contributed by atoms with Crippen LogP contribution < -0.4 is 5.69 Å². The molecule has 0 atom stereocenters. The molecule has 2 aromatic heterocycles. The summed E-state index contributed by atoms with van der Waals surface area (Å²) < 4.78 is 39.5. The number of rotatable bonds is 4. The Balaban J connectivity index is 2.36. The monoisotopic (exact) mass is 338 g/mol. The molecule has 0 bridgehead atoms. The molecule has 0 aliphatic heterocycles. The second-order valence-electron chi connectivity index (χ2n) is 4.08. The molecule has 0 aliphatic rings. The van der Waals surface area contributed by atoms with E-state index in [0.29, 0.717) is 13.0 Å². The van der Waals surface area contributed by atoms with E-state index in [1.807, 2.05) is 6.92 Å². The molecule has 114 valence electrons. The summed E-state index contributed by atoms with van der Waals surface area (Å²) in [6.45, 7) is 2.28. The van der Waals surface area contributed by atoms with Crippen LogP contribution in [0.25, 0.3) is 0 Å². The summed E-state index contributed by atoms with van der Waals surface area (Å²) in [5, 5.41) is 6.02. The molecular formula is C11H10ClF3N4OS. The Kier molecular flexibility index (Phi) is 4.62. The highest BCUT2D eigenvalue weighted by Gasteiger charge is 2.31. The van der Waals surface area contributed by atoms with E-state index in [1.165, 1.54) is 4.57 Å². The van der Waals surface area contributed by atoms with Crippen LogP contribution in [0.1, 0.15) is 18.9 Å². The average molecular weight is 339 g/mol. The topological polar surface area (TPSA) is 63.6 Å². The van der Waals surface area contributed by atoms with E-state index < -0.39 is 17.4 Å². The number of alkyl halides is 3. The molecule has 0 unspecified atom stereocenters. The zero-order valence-corrected chi connectivity index (χ0v) is 12.3. The fraction of sp³-hybridized carbons (Fsp3) is 0.364. The third kappa shape index (κ3) is 3.79. The van der Waals surface area contributed by atoms with Crippen molar-refractivity contribution >= 4 is 23.4 Å². The van der Waals surface area contributed by atoms with Crippen molar-refractivity contribution in [1.29, 1.82) is 0 Å². The Morgan fingerprint density at radius 1 is 1.43 bits per heavy atom. The lowest BCUT2D eigenvalue weighted by Crippen LogP contribution is -2.17. The Bertz CT molecular complexity index is 698. The van der Waals surface area contributed by atoms with Gasteiger partial charge in [0.25, 0.3) is 0 Å². The molecule has 0 aliphatic carbocycles. The van der Waals surface area contributed by atoms with Crippen LogP contribution >= 0.6 is 23.4 Å². The minimum Gasteiger partial charge on any atom is -0.270 e. The van der Waals surface area contributed by atoms with Crippen molar-refractivity contribution in [3.63, 3.8) is 0 Å². The van der Waals surface area contributed by atoms with Gasteiger partial charge in [0.15, 0.2) is 5.16 Å². The van der Waals surface area contributed by atoms with Crippen LogP contribution in [0.15, 0.2) is 27.1 Å². The number of hydrogen-bond donors (Lipinski definition) is 1. The number of nitrogens with one attached hydrogen (secondary N) is 1. The zero-order valence-electron chi connectivity index (χ0n) is 10.7.